The summed E-state index contributed by atoms with van der Waals surface area (Å²) in [4.78, 5) is 15.4. The maximum atomic E-state index is 13.9. The molecule has 0 radical (unpaired) electrons. The van der Waals surface area contributed by atoms with Crippen LogP contribution in [0.2, 0.25) is 0 Å². The standard InChI is InChI=1S/C13H14FN5O/c1-2-3-11(15)13(20)18-9-4-5-12(10(14)6-9)19-8-16-7-17-19/h2,4-8,11H,1,3,15H2,(H,18,20). The molecule has 0 spiro atoms. The molecular weight excluding hydrogens is 261 g/mol. The molecule has 7 heteroatoms. The topological polar surface area (TPSA) is 85.8 Å². The van der Waals surface area contributed by atoms with Gasteiger partial charge in [0.25, 0.3) is 0 Å². The zero-order chi connectivity index (χ0) is 14.5. The third kappa shape index (κ3) is 3.07. The largest absolute Gasteiger partial charge is 0.325 e. The second-order valence-electron chi connectivity index (χ2n) is 4.13. The molecule has 6 nitrogen and oxygen atoms in total. The monoisotopic (exact) mass is 275 g/mol. The molecule has 0 aliphatic heterocycles. The number of rotatable bonds is 5. The fourth-order valence-corrected chi connectivity index (χ4v) is 1.62. The fourth-order valence-electron chi connectivity index (χ4n) is 1.62. The predicted molar refractivity (Wildman–Crippen MR) is 72.7 cm³/mol. The summed E-state index contributed by atoms with van der Waals surface area (Å²) in [5, 5.41) is 6.38. The predicted octanol–water partition coefficient (Wildman–Crippen LogP) is 1.25. The van der Waals surface area contributed by atoms with Gasteiger partial charge in [0, 0.05) is 5.69 Å². The normalized spacial score (nSPS) is 11.9. The summed E-state index contributed by atoms with van der Waals surface area (Å²) < 4.78 is 15.2. The van der Waals surface area contributed by atoms with E-state index in [0.29, 0.717) is 12.1 Å². The van der Waals surface area contributed by atoms with Crippen LogP contribution in [0.5, 0.6) is 0 Å². The van der Waals surface area contributed by atoms with Gasteiger partial charge < -0.3 is 11.1 Å². The van der Waals surface area contributed by atoms with Crippen molar-refractivity contribution in [3.8, 4) is 5.69 Å². The summed E-state index contributed by atoms with van der Waals surface area (Å²) in [5.41, 5.74) is 6.20. The van der Waals surface area contributed by atoms with Crippen LogP contribution in [0.15, 0.2) is 43.5 Å². The number of nitrogens with zero attached hydrogens (tertiary/aromatic N) is 3. The molecule has 0 saturated heterocycles. The molecule has 0 aliphatic carbocycles. The van der Waals surface area contributed by atoms with Gasteiger partial charge in [0.15, 0.2) is 5.82 Å². The van der Waals surface area contributed by atoms with Crippen LogP contribution in [0.25, 0.3) is 5.69 Å². The third-order valence-corrected chi connectivity index (χ3v) is 2.64. The van der Waals surface area contributed by atoms with Crippen LogP contribution in [0.3, 0.4) is 0 Å². The van der Waals surface area contributed by atoms with Gasteiger partial charge in [0.1, 0.15) is 18.3 Å². The highest BCUT2D eigenvalue weighted by molar-refractivity contribution is 5.94. The second kappa shape index (κ2) is 6.07. The molecule has 0 fully saturated rings. The lowest BCUT2D eigenvalue weighted by Crippen LogP contribution is -2.35. The van der Waals surface area contributed by atoms with Gasteiger partial charge in [-0.15, -0.1) is 6.58 Å². The molecule has 1 heterocycles. The molecule has 3 N–H and O–H groups in total. The maximum absolute atomic E-state index is 13.9. The van der Waals surface area contributed by atoms with Crippen LogP contribution in [0.1, 0.15) is 6.42 Å². The van der Waals surface area contributed by atoms with Crippen molar-refractivity contribution in [2.24, 2.45) is 5.73 Å². The first-order valence-corrected chi connectivity index (χ1v) is 5.93. The van der Waals surface area contributed by atoms with Crippen molar-refractivity contribution >= 4 is 11.6 Å². The molecule has 1 aromatic heterocycles. The summed E-state index contributed by atoms with van der Waals surface area (Å²) in [6.45, 7) is 3.51. The number of hydrogen-bond acceptors (Lipinski definition) is 4. The number of aromatic nitrogens is 3. The van der Waals surface area contributed by atoms with Gasteiger partial charge in [-0.1, -0.05) is 6.08 Å². The minimum atomic E-state index is -0.703. The Balaban J connectivity index is 2.13. The first kappa shape index (κ1) is 13.9. The van der Waals surface area contributed by atoms with Crippen LogP contribution in [0, 0.1) is 5.82 Å². The zero-order valence-corrected chi connectivity index (χ0v) is 10.7. The highest BCUT2D eigenvalue weighted by Crippen LogP contribution is 2.17. The Hall–Kier alpha value is -2.54. The van der Waals surface area contributed by atoms with E-state index in [2.05, 4.69) is 22.0 Å². The number of carbonyl (C=O) groups is 1. The van der Waals surface area contributed by atoms with Gasteiger partial charge in [-0.2, -0.15) is 5.10 Å². The van der Waals surface area contributed by atoms with Crippen LogP contribution in [-0.2, 0) is 4.79 Å². The van der Waals surface area contributed by atoms with Gasteiger partial charge in [-0.05, 0) is 24.6 Å². The van der Waals surface area contributed by atoms with E-state index in [1.165, 1.54) is 29.5 Å². The lowest BCUT2D eigenvalue weighted by atomic mass is 10.2. The highest BCUT2D eigenvalue weighted by Gasteiger charge is 2.13. The van der Waals surface area contributed by atoms with Gasteiger partial charge in [0.05, 0.1) is 6.04 Å². The Morgan fingerprint density at radius 1 is 1.60 bits per heavy atom. The molecular formula is C13H14FN5O. The van der Waals surface area contributed by atoms with Crippen molar-refractivity contribution in [2.75, 3.05) is 5.32 Å². The molecule has 104 valence electrons. The maximum Gasteiger partial charge on any atom is 0.241 e. The molecule has 0 bridgehead atoms. The third-order valence-electron chi connectivity index (χ3n) is 2.64. The smallest absolute Gasteiger partial charge is 0.241 e. The van der Waals surface area contributed by atoms with E-state index in [4.69, 9.17) is 5.73 Å². The molecule has 0 aliphatic rings. The van der Waals surface area contributed by atoms with Gasteiger partial charge in [-0.25, -0.2) is 14.1 Å². The molecule has 1 atom stereocenters. The Morgan fingerprint density at radius 3 is 3.00 bits per heavy atom. The van der Waals surface area contributed by atoms with Crippen molar-refractivity contribution in [1.82, 2.24) is 14.8 Å². The Labute approximate surface area is 115 Å². The highest BCUT2D eigenvalue weighted by atomic mass is 19.1. The average molecular weight is 275 g/mol. The van der Waals surface area contributed by atoms with Crippen LogP contribution >= 0.6 is 0 Å². The van der Waals surface area contributed by atoms with Crippen molar-refractivity contribution < 1.29 is 9.18 Å². The first-order valence-electron chi connectivity index (χ1n) is 5.93. The van der Waals surface area contributed by atoms with E-state index in [-0.39, 0.29) is 5.69 Å². The Bertz CT molecular complexity index is 611. The Kier molecular flexibility index (Phi) is 4.21. The number of halogens is 1. The fraction of sp³-hybridized carbons (Fsp3) is 0.154. The number of amides is 1. The van der Waals surface area contributed by atoms with Crippen molar-refractivity contribution in [1.29, 1.82) is 0 Å². The molecule has 2 rings (SSSR count). The first-order chi connectivity index (χ1) is 9.61. The minimum absolute atomic E-state index is 0.246. The summed E-state index contributed by atoms with van der Waals surface area (Å²) in [6, 6.07) is 3.57. The lowest BCUT2D eigenvalue weighted by molar-refractivity contribution is -0.117. The van der Waals surface area contributed by atoms with E-state index in [1.54, 1.807) is 12.1 Å². The summed E-state index contributed by atoms with van der Waals surface area (Å²) in [7, 11) is 0. The Morgan fingerprint density at radius 2 is 2.40 bits per heavy atom. The van der Waals surface area contributed by atoms with E-state index >= 15 is 0 Å². The number of nitrogens with one attached hydrogen (secondary N) is 1. The SMILES string of the molecule is C=CCC(N)C(=O)Nc1ccc(-n2cncn2)c(F)c1. The molecule has 2 aromatic rings. The molecule has 20 heavy (non-hydrogen) atoms. The molecule has 1 unspecified atom stereocenters. The van der Waals surface area contributed by atoms with E-state index in [0.717, 1.165) is 0 Å². The van der Waals surface area contributed by atoms with Crippen molar-refractivity contribution in [3.05, 3.63) is 49.3 Å². The van der Waals surface area contributed by atoms with E-state index in [1.807, 2.05) is 0 Å². The van der Waals surface area contributed by atoms with Crippen molar-refractivity contribution in [3.63, 3.8) is 0 Å². The number of nitrogens with two attached hydrogens (primary N) is 1. The minimum Gasteiger partial charge on any atom is -0.325 e. The number of carbonyl (C=O) groups excluding carboxylic acids is 1. The second-order valence-corrected chi connectivity index (χ2v) is 4.13. The van der Waals surface area contributed by atoms with Crippen LogP contribution < -0.4 is 11.1 Å². The molecule has 0 saturated carbocycles. The number of hydrogen-bond donors (Lipinski definition) is 2. The zero-order valence-electron chi connectivity index (χ0n) is 10.7. The molecule has 1 amide bonds. The van der Waals surface area contributed by atoms with Gasteiger partial charge in [-0.3, -0.25) is 4.79 Å². The van der Waals surface area contributed by atoms with Gasteiger partial charge in [0.2, 0.25) is 5.91 Å². The van der Waals surface area contributed by atoms with E-state index < -0.39 is 17.8 Å². The van der Waals surface area contributed by atoms with E-state index in [9.17, 15) is 9.18 Å². The van der Waals surface area contributed by atoms with Gasteiger partial charge >= 0.3 is 0 Å². The number of anilines is 1. The van der Waals surface area contributed by atoms with Crippen LogP contribution in [0.4, 0.5) is 10.1 Å². The average Bonchev–Trinajstić information content (AvgIpc) is 2.93. The van der Waals surface area contributed by atoms with Crippen LogP contribution in [-0.4, -0.2) is 26.7 Å². The van der Waals surface area contributed by atoms with Crippen molar-refractivity contribution in [2.45, 2.75) is 12.5 Å². The summed E-state index contributed by atoms with van der Waals surface area (Å²) in [6.07, 6.45) is 4.60. The quantitative estimate of drug-likeness (QED) is 0.804. The lowest BCUT2D eigenvalue weighted by Gasteiger charge is -2.11. The number of benzene rings is 1. The molecule has 1 aromatic carbocycles. The summed E-state index contributed by atoms with van der Waals surface area (Å²) >= 11 is 0. The summed E-state index contributed by atoms with van der Waals surface area (Å²) in [5.74, 6) is -0.914.